The highest BCUT2D eigenvalue weighted by molar-refractivity contribution is 7.86. The van der Waals surface area contributed by atoms with Crippen molar-refractivity contribution < 1.29 is 8.42 Å². The first-order valence-corrected chi connectivity index (χ1v) is 9.55. The Hall–Kier alpha value is -0.170. The van der Waals surface area contributed by atoms with Crippen LogP contribution < -0.4 is 5.32 Å². The lowest BCUT2D eigenvalue weighted by Crippen LogP contribution is -2.53. The Morgan fingerprint density at radius 2 is 1.65 bits per heavy atom. The summed E-state index contributed by atoms with van der Waals surface area (Å²) < 4.78 is 29.3. The Labute approximate surface area is 122 Å². The van der Waals surface area contributed by atoms with Crippen molar-refractivity contribution >= 4 is 10.2 Å². The van der Waals surface area contributed by atoms with Gasteiger partial charge in [-0.1, -0.05) is 19.3 Å². The lowest BCUT2D eigenvalue weighted by atomic mass is 9.89. The molecule has 6 heteroatoms. The largest absolute Gasteiger partial charge is 0.314 e. The van der Waals surface area contributed by atoms with Crippen LogP contribution in [0.2, 0.25) is 0 Å². The highest BCUT2D eigenvalue weighted by Crippen LogP contribution is 2.34. The molecule has 0 aromatic carbocycles. The molecular weight excluding hydrogens is 274 g/mol. The van der Waals surface area contributed by atoms with Crippen molar-refractivity contribution in [3.8, 4) is 0 Å². The fraction of sp³-hybridized carbons (Fsp3) is 1.00. The summed E-state index contributed by atoms with van der Waals surface area (Å²) >= 11 is 0. The molecule has 1 saturated heterocycles. The third-order valence-electron chi connectivity index (χ3n) is 4.82. The van der Waals surface area contributed by atoms with E-state index in [4.69, 9.17) is 0 Å². The molecule has 3 rings (SSSR count). The highest BCUT2D eigenvalue weighted by Gasteiger charge is 2.41. The third-order valence-corrected chi connectivity index (χ3v) is 6.87. The monoisotopic (exact) mass is 301 g/mol. The van der Waals surface area contributed by atoms with Crippen molar-refractivity contribution in [2.45, 2.75) is 51.0 Å². The van der Waals surface area contributed by atoms with E-state index in [9.17, 15) is 8.42 Å². The van der Waals surface area contributed by atoms with Gasteiger partial charge in [0.15, 0.2) is 0 Å². The second kappa shape index (κ2) is 6.30. The van der Waals surface area contributed by atoms with Crippen LogP contribution in [-0.4, -0.2) is 55.8 Å². The minimum Gasteiger partial charge on any atom is -0.314 e. The van der Waals surface area contributed by atoms with E-state index in [1.807, 2.05) is 4.31 Å². The summed E-state index contributed by atoms with van der Waals surface area (Å²) in [6.07, 6.45) is 8.40. The smallest absolute Gasteiger partial charge is 0.282 e. The standard InChI is InChI=1S/C14H27N3O2S/c18-20(19,16-10-8-15-9-11-16)17(14-6-7-14)12-13-4-2-1-3-5-13/h13-15H,1-12H2. The quantitative estimate of drug-likeness (QED) is 0.829. The second-order valence-corrected chi connectivity index (χ2v) is 8.34. The van der Waals surface area contributed by atoms with Crippen LogP contribution in [0.4, 0.5) is 0 Å². The molecule has 0 unspecified atom stereocenters. The van der Waals surface area contributed by atoms with Crippen LogP contribution >= 0.6 is 0 Å². The van der Waals surface area contributed by atoms with Crippen LogP contribution in [-0.2, 0) is 10.2 Å². The number of piperazine rings is 1. The van der Waals surface area contributed by atoms with Crippen molar-refractivity contribution in [1.29, 1.82) is 0 Å². The maximum absolute atomic E-state index is 12.9. The number of hydrogen-bond acceptors (Lipinski definition) is 3. The number of hydrogen-bond donors (Lipinski definition) is 1. The van der Waals surface area contributed by atoms with E-state index in [0.29, 0.717) is 19.0 Å². The minimum absolute atomic E-state index is 0.289. The van der Waals surface area contributed by atoms with E-state index in [1.165, 1.54) is 32.1 Å². The summed E-state index contributed by atoms with van der Waals surface area (Å²) in [6, 6.07) is 0.289. The van der Waals surface area contributed by atoms with Gasteiger partial charge in [0.25, 0.3) is 10.2 Å². The van der Waals surface area contributed by atoms with Gasteiger partial charge in [-0.15, -0.1) is 0 Å². The number of nitrogens with one attached hydrogen (secondary N) is 1. The van der Waals surface area contributed by atoms with Crippen LogP contribution in [0.3, 0.4) is 0 Å². The van der Waals surface area contributed by atoms with Gasteiger partial charge in [-0.2, -0.15) is 17.0 Å². The molecule has 2 aliphatic carbocycles. The van der Waals surface area contributed by atoms with Crippen LogP contribution in [0.1, 0.15) is 44.9 Å². The number of nitrogens with zero attached hydrogens (tertiary/aromatic N) is 2. The summed E-state index contributed by atoms with van der Waals surface area (Å²) in [5.74, 6) is 0.585. The molecule has 5 nitrogen and oxygen atoms in total. The first-order chi connectivity index (χ1) is 9.68. The van der Waals surface area contributed by atoms with Crippen LogP contribution in [0.25, 0.3) is 0 Å². The summed E-state index contributed by atoms with van der Waals surface area (Å²) in [5, 5.41) is 3.23. The van der Waals surface area contributed by atoms with E-state index < -0.39 is 10.2 Å². The van der Waals surface area contributed by atoms with Crippen LogP contribution in [0, 0.1) is 5.92 Å². The molecule has 1 heterocycles. The highest BCUT2D eigenvalue weighted by atomic mass is 32.2. The number of rotatable bonds is 5. The lowest BCUT2D eigenvalue weighted by molar-refractivity contribution is 0.251. The Morgan fingerprint density at radius 3 is 2.25 bits per heavy atom. The third kappa shape index (κ3) is 3.35. The topological polar surface area (TPSA) is 52.7 Å². The van der Waals surface area contributed by atoms with Gasteiger partial charge in [0.2, 0.25) is 0 Å². The molecule has 0 aromatic heterocycles. The SMILES string of the molecule is O=S(=O)(N1CCNCC1)N(CC1CCCCC1)C1CC1. The first kappa shape index (κ1) is 14.8. The van der Waals surface area contributed by atoms with Crippen molar-refractivity contribution in [3.05, 3.63) is 0 Å². The molecule has 0 amide bonds. The Balaban J connectivity index is 1.68. The van der Waals surface area contributed by atoms with Crippen molar-refractivity contribution in [3.63, 3.8) is 0 Å². The van der Waals surface area contributed by atoms with Gasteiger partial charge < -0.3 is 5.32 Å². The van der Waals surface area contributed by atoms with E-state index in [0.717, 1.165) is 32.5 Å². The molecule has 1 aliphatic heterocycles. The molecule has 0 radical (unpaired) electrons. The van der Waals surface area contributed by atoms with Gasteiger partial charge in [-0.3, -0.25) is 0 Å². The van der Waals surface area contributed by atoms with Crippen molar-refractivity contribution in [2.75, 3.05) is 32.7 Å². The Bertz CT molecular complexity index is 410. The zero-order valence-electron chi connectivity index (χ0n) is 12.3. The van der Waals surface area contributed by atoms with Gasteiger partial charge >= 0.3 is 0 Å². The summed E-state index contributed by atoms with van der Waals surface area (Å²) in [4.78, 5) is 0. The fourth-order valence-electron chi connectivity index (χ4n) is 3.44. The van der Waals surface area contributed by atoms with Crippen LogP contribution in [0.15, 0.2) is 0 Å². The maximum atomic E-state index is 12.9. The summed E-state index contributed by atoms with van der Waals surface area (Å²) in [6.45, 7) is 3.56. The molecule has 20 heavy (non-hydrogen) atoms. The average molecular weight is 301 g/mol. The maximum Gasteiger partial charge on any atom is 0.282 e. The predicted octanol–water partition coefficient (Wildman–Crippen LogP) is 1.18. The molecule has 116 valence electrons. The first-order valence-electron chi connectivity index (χ1n) is 8.15. The second-order valence-electron chi connectivity index (χ2n) is 6.46. The van der Waals surface area contributed by atoms with E-state index in [1.54, 1.807) is 4.31 Å². The zero-order chi connectivity index (χ0) is 14.0. The molecule has 3 fully saturated rings. The molecule has 1 N–H and O–H groups in total. The summed E-state index contributed by atoms with van der Waals surface area (Å²) in [7, 11) is -3.23. The van der Waals surface area contributed by atoms with Crippen molar-refractivity contribution in [2.24, 2.45) is 5.92 Å². The Kier molecular flexibility index (Phi) is 4.65. The normalized spacial score (nSPS) is 27.1. The van der Waals surface area contributed by atoms with Gasteiger partial charge in [-0.05, 0) is 31.6 Å². The molecule has 2 saturated carbocycles. The van der Waals surface area contributed by atoms with Crippen LogP contribution in [0.5, 0.6) is 0 Å². The fourth-order valence-corrected chi connectivity index (χ4v) is 5.37. The van der Waals surface area contributed by atoms with E-state index in [2.05, 4.69) is 5.32 Å². The zero-order valence-corrected chi connectivity index (χ0v) is 13.1. The van der Waals surface area contributed by atoms with Gasteiger partial charge in [0.05, 0.1) is 0 Å². The average Bonchev–Trinajstić information content (AvgIpc) is 3.31. The van der Waals surface area contributed by atoms with Gasteiger partial charge in [0.1, 0.15) is 0 Å². The van der Waals surface area contributed by atoms with E-state index in [-0.39, 0.29) is 6.04 Å². The van der Waals surface area contributed by atoms with Gasteiger partial charge in [0, 0.05) is 38.8 Å². The Morgan fingerprint density at radius 1 is 1.00 bits per heavy atom. The molecular formula is C14H27N3O2S. The molecule has 3 aliphatic rings. The van der Waals surface area contributed by atoms with Gasteiger partial charge in [-0.25, -0.2) is 0 Å². The van der Waals surface area contributed by atoms with E-state index >= 15 is 0 Å². The minimum atomic E-state index is -3.23. The van der Waals surface area contributed by atoms with Crippen molar-refractivity contribution in [1.82, 2.24) is 13.9 Å². The molecule has 0 bridgehead atoms. The molecule has 0 atom stereocenters. The summed E-state index contributed by atoms with van der Waals surface area (Å²) in [5.41, 5.74) is 0. The molecule has 0 aromatic rings. The lowest BCUT2D eigenvalue weighted by Gasteiger charge is -2.35. The molecule has 0 spiro atoms. The predicted molar refractivity (Wildman–Crippen MR) is 79.7 cm³/mol.